The summed E-state index contributed by atoms with van der Waals surface area (Å²) in [6.07, 6.45) is 4.44. The first kappa shape index (κ1) is 26.1. The number of amides is 2. The number of benzene rings is 1. The molecule has 0 unspecified atom stereocenters. The van der Waals surface area contributed by atoms with E-state index in [1.807, 2.05) is 19.1 Å². The Labute approximate surface area is 224 Å². The fraction of sp³-hybridized carbons (Fsp3) is 0.321. The van der Waals surface area contributed by atoms with Crippen LogP contribution >= 0.6 is 0 Å². The molecule has 0 saturated carbocycles. The third kappa shape index (κ3) is 5.37. The van der Waals surface area contributed by atoms with Crippen molar-refractivity contribution in [3.05, 3.63) is 54.1 Å². The van der Waals surface area contributed by atoms with Crippen LogP contribution in [0.15, 0.2) is 42.7 Å². The third-order valence-corrected chi connectivity index (χ3v) is 7.06. The fourth-order valence-corrected chi connectivity index (χ4v) is 4.69. The number of hydrogen-bond donors (Lipinski definition) is 3. The minimum Gasteiger partial charge on any atom is -0.475 e. The molecule has 5 rings (SSSR count). The lowest BCUT2D eigenvalue weighted by atomic mass is 9.82. The summed E-state index contributed by atoms with van der Waals surface area (Å²) >= 11 is 0. The van der Waals surface area contributed by atoms with Gasteiger partial charge in [0.2, 0.25) is 5.88 Å². The number of fused-ring (bicyclic) bond motifs is 1. The number of aryl methyl sites for hydroxylation is 1. The number of aromatic nitrogens is 4. The maximum Gasteiger partial charge on any atom is 0.321 e. The number of ether oxygens (including phenoxy) is 1. The second-order valence-electron chi connectivity index (χ2n) is 9.88. The van der Waals surface area contributed by atoms with Crippen LogP contribution in [-0.2, 0) is 0 Å². The van der Waals surface area contributed by atoms with Crippen LogP contribution in [0.5, 0.6) is 5.88 Å². The standard InChI is InChI=1S/C28H28FN7O3/c1-17-11-22(29)24(34-27(38)36-7-4-28(2,16-30)5-8-36)14-20(17)18-12-23(33-25(13-18)39-10-9-37)19-3-6-31-26-21(19)15-32-35-26/h3,6,11-15,37H,4-5,7-10H2,1-2H3,(H,34,38)(H,31,32,35). The molecule has 3 N–H and O–H groups in total. The molecule has 4 aromatic rings. The minimum absolute atomic E-state index is 0.0477. The van der Waals surface area contributed by atoms with Crippen molar-refractivity contribution in [2.24, 2.45) is 5.41 Å². The molecule has 39 heavy (non-hydrogen) atoms. The van der Waals surface area contributed by atoms with E-state index in [4.69, 9.17) is 4.74 Å². The van der Waals surface area contributed by atoms with Crippen molar-refractivity contribution in [2.45, 2.75) is 26.7 Å². The molecule has 1 aliphatic heterocycles. The van der Waals surface area contributed by atoms with E-state index in [1.165, 1.54) is 6.07 Å². The molecule has 3 aromatic heterocycles. The Bertz CT molecular complexity index is 1570. The number of carbonyl (C=O) groups excluding carboxylic acids is 1. The lowest BCUT2D eigenvalue weighted by Gasteiger charge is -2.34. The summed E-state index contributed by atoms with van der Waals surface area (Å²) in [5.41, 5.74) is 3.57. The van der Waals surface area contributed by atoms with Crippen LogP contribution in [0, 0.1) is 29.5 Å². The number of nitriles is 1. The fourth-order valence-electron chi connectivity index (χ4n) is 4.69. The summed E-state index contributed by atoms with van der Waals surface area (Å²) < 4.78 is 20.7. The van der Waals surface area contributed by atoms with E-state index in [9.17, 15) is 15.2 Å². The van der Waals surface area contributed by atoms with Crippen LogP contribution in [0.1, 0.15) is 25.3 Å². The largest absolute Gasteiger partial charge is 0.475 e. The summed E-state index contributed by atoms with van der Waals surface area (Å²) in [5, 5.41) is 29.0. The Balaban J connectivity index is 1.50. The SMILES string of the molecule is Cc1cc(F)c(NC(=O)N2CCC(C)(C#N)CC2)cc1-c1cc(OCCO)nc(-c2ccnc3[nH]ncc23)c1. The number of rotatable bonds is 6. The number of urea groups is 1. The number of aliphatic hydroxyl groups excluding tert-OH is 1. The number of piperidine rings is 1. The van der Waals surface area contributed by atoms with Crippen molar-refractivity contribution in [3.63, 3.8) is 0 Å². The predicted molar refractivity (Wildman–Crippen MR) is 143 cm³/mol. The topological polar surface area (TPSA) is 140 Å². The highest BCUT2D eigenvalue weighted by Gasteiger charge is 2.32. The molecule has 4 heterocycles. The number of nitrogens with one attached hydrogen (secondary N) is 2. The molecule has 1 fully saturated rings. The van der Waals surface area contributed by atoms with Crippen LogP contribution in [0.25, 0.3) is 33.4 Å². The zero-order chi connectivity index (χ0) is 27.6. The molecule has 0 spiro atoms. The molecular weight excluding hydrogens is 501 g/mol. The van der Waals surface area contributed by atoms with Crippen LogP contribution in [0.4, 0.5) is 14.9 Å². The molecule has 2 amide bonds. The molecule has 1 aromatic carbocycles. The molecule has 10 nitrogen and oxygen atoms in total. The maximum absolute atomic E-state index is 15.0. The first-order chi connectivity index (χ1) is 18.8. The third-order valence-electron chi connectivity index (χ3n) is 7.06. The molecular formula is C28H28FN7O3. The van der Waals surface area contributed by atoms with Crippen molar-refractivity contribution >= 4 is 22.8 Å². The highest BCUT2D eigenvalue weighted by molar-refractivity contribution is 5.93. The summed E-state index contributed by atoms with van der Waals surface area (Å²) in [5.74, 6) is -0.267. The zero-order valence-electron chi connectivity index (χ0n) is 21.7. The van der Waals surface area contributed by atoms with Gasteiger partial charge in [-0.2, -0.15) is 10.4 Å². The lowest BCUT2D eigenvalue weighted by Crippen LogP contribution is -2.43. The maximum atomic E-state index is 15.0. The minimum atomic E-state index is -0.552. The van der Waals surface area contributed by atoms with Crippen LogP contribution in [0.3, 0.4) is 0 Å². The van der Waals surface area contributed by atoms with Gasteiger partial charge >= 0.3 is 6.03 Å². The number of carbonyl (C=O) groups is 1. The van der Waals surface area contributed by atoms with E-state index >= 15 is 4.39 Å². The van der Waals surface area contributed by atoms with Gasteiger partial charge in [-0.3, -0.25) is 5.10 Å². The van der Waals surface area contributed by atoms with E-state index in [1.54, 1.807) is 36.4 Å². The van der Waals surface area contributed by atoms with Crippen LogP contribution < -0.4 is 10.1 Å². The van der Waals surface area contributed by atoms with Crippen LogP contribution in [-0.4, -0.2) is 62.5 Å². The number of pyridine rings is 2. The van der Waals surface area contributed by atoms with E-state index in [0.717, 1.165) is 10.9 Å². The van der Waals surface area contributed by atoms with Gasteiger partial charge in [-0.1, -0.05) is 0 Å². The summed E-state index contributed by atoms with van der Waals surface area (Å²) in [6, 6.07) is 10.3. The van der Waals surface area contributed by atoms with Gasteiger partial charge < -0.3 is 20.1 Å². The van der Waals surface area contributed by atoms with Gasteiger partial charge in [-0.05, 0) is 67.6 Å². The summed E-state index contributed by atoms with van der Waals surface area (Å²) in [6.45, 7) is 4.38. The van der Waals surface area contributed by atoms with Gasteiger partial charge in [0.15, 0.2) is 5.65 Å². The van der Waals surface area contributed by atoms with Crippen molar-refractivity contribution in [1.82, 2.24) is 25.1 Å². The van der Waals surface area contributed by atoms with Crippen molar-refractivity contribution in [1.29, 1.82) is 5.26 Å². The van der Waals surface area contributed by atoms with Crippen molar-refractivity contribution < 1.29 is 19.0 Å². The second kappa shape index (κ2) is 10.7. The Morgan fingerprint density at radius 2 is 2.08 bits per heavy atom. The molecule has 11 heteroatoms. The molecule has 0 aliphatic carbocycles. The van der Waals surface area contributed by atoms with Gasteiger partial charge in [-0.25, -0.2) is 19.2 Å². The number of H-pyrrole nitrogens is 1. The second-order valence-corrected chi connectivity index (χ2v) is 9.88. The number of halogens is 1. The molecule has 0 bridgehead atoms. The average Bonchev–Trinajstić information content (AvgIpc) is 3.43. The Morgan fingerprint density at radius 3 is 2.82 bits per heavy atom. The van der Waals surface area contributed by atoms with E-state index in [2.05, 4.69) is 31.6 Å². The first-order valence-corrected chi connectivity index (χ1v) is 12.6. The molecule has 1 aliphatic rings. The van der Waals surface area contributed by atoms with Gasteiger partial charge in [-0.15, -0.1) is 0 Å². The monoisotopic (exact) mass is 529 g/mol. The smallest absolute Gasteiger partial charge is 0.321 e. The number of aromatic amines is 1. The van der Waals surface area contributed by atoms with Crippen molar-refractivity contribution in [3.8, 4) is 34.3 Å². The Kier molecular flexibility index (Phi) is 7.13. The quantitative estimate of drug-likeness (QED) is 0.330. The van der Waals surface area contributed by atoms with E-state index in [-0.39, 0.29) is 24.8 Å². The summed E-state index contributed by atoms with van der Waals surface area (Å²) in [7, 11) is 0. The van der Waals surface area contributed by atoms with Gasteiger partial charge in [0.05, 0.1) is 35.7 Å². The van der Waals surface area contributed by atoms with E-state index < -0.39 is 17.3 Å². The number of hydrogen-bond acceptors (Lipinski definition) is 7. The van der Waals surface area contributed by atoms with E-state index in [0.29, 0.717) is 54.0 Å². The van der Waals surface area contributed by atoms with Gasteiger partial charge in [0.25, 0.3) is 0 Å². The number of nitrogens with zero attached hydrogens (tertiary/aromatic N) is 5. The Hall–Kier alpha value is -4.56. The Morgan fingerprint density at radius 1 is 1.28 bits per heavy atom. The predicted octanol–water partition coefficient (Wildman–Crippen LogP) is 4.66. The summed E-state index contributed by atoms with van der Waals surface area (Å²) in [4.78, 5) is 23.5. The highest BCUT2D eigenvalue weighted by atomic mass is 19.1. The number of aliphatic hydroxyl groups is 1. The normalized spacial score (nSPS) is 14.7. The van der Waals surface area contributed by atoms with Crippen molar-refractivity contribution in [2.75, 3.05) is 31.6 Å². The molecule has 1 saturated heterocycles. The molecule has 0 atom stereocenters. The highest BCUT2D eigenvalue weighted by Crippen LogP contribution is 2.35. The molecule has 0 radical (unpaired) electrons. The van der Waals surface area contributed by atoms with Gasteiger partial charge in [0, 0.05) is 36.3 Å². The zero-order valence-corrected chi connectivity index (χ0v) is 21.7. The first-order valence-electron chi connectivity index (χ1n) is 12.6. The lowest BCUT2D eigenvalue weighted by molar-refractivity contribution is 0.166. The van der Waals surface area contributed by atoms with Crippen LogP contribution in [0.2, 0.25) is 0 Å². The number of anilines is 1. The molecule has 200 valence electrons. The van der Waals surface area contributed by atoms with Gasteiger partial charge in [0.1, 0.15) is 12.4 Å². The number of likely N-dealkylation sites (tertiary alicyclic amines) is 1. The average molecular weight is 530 g/mol.